The molecule has 4 rings (SSSR count). The number of carbonyl (C=O) groups is 1. The van der Waals surface area contributed by atoms with Crippen molar-refractivity contribution in [1.29, 1.82) is 0 Å². The first-order valence-electron chi connectivity index (χ1n) is 11.3. The Morgan fingerprint density at radius 3 is 2.50 bits per heavy atom. The Labute approximate surface area is 209 Å². The topological polar surface area (TPSA) is 136 Å². The Bertz CT molecular complexity index is 1330. The van der Waals surface area contributed by atoms with Crippen molar-refractivity contribution in [2.75, 3.05) is 36.2 Å². The van der Waals surface area contributed by atoms with Crippen LogP contribution in [-0.4, -0.2) is 66.5 Å². The lowest BCUT2D eigenvalue weighted by atomic mass is 10.1. The fraction of sp³-hybridized carbons (Fsp3) is 0.375. The molecule has 1 aliphatic heterocycles. The highest BCUT2D eigenvalue weighted by molar-refractivity contribution is 7.91. The lowest BCUT2D eigenvalue weighted by Gasteiger charge is -2.35. The van der Waals surface area contributed by atoms with Crippen LogP contribution in [0.1, 0.15) is 26.5 Å². The van der Waals surface area contributed by atoms with E-state index >= 15 is 0 Å². The molecule has 1 amide bonds. The van der Waals surface area contributed by atoms with Crippen molar-refractivity contribution in [3.05, 3.63) is 54.5 Å². The summed E-state index contributed by atoms with van der Waals surface area (Å²) in [6, 6.07) is 10.4. The first-order chi connectivity index (χ1) is 17.0. The van der Waals surface area contributed by atoms with E-state index in [1.807, 2.05) is 13.0 Å². The molecule has 1 saturated heterocycles. The third-order valence-corrected chi connectivity index (χ3v) is 8.06. The monoisotopic (exact) mass is 512 g/mol. The molecule has 1 fully saturated rings. The number of aromatic nitrogens is 4. The van der Waals surface area contributed by atoms with Crippen LogP contribution in [0.2, 0.25) is 0 Å². The first-order valence-corrected chi connectivity index (χ1v) is 13.2. The Morgan fingerprint density at radius 2 is 1.86 bits per heavy atom. The summed E-state index contributed by atoms with van der Waals surface area (Å²) in [6.45, 7) is 6.93. The van der Waals surface area contributed by atoms with Gasteiger partial charge < -0.3 is 14.4 Å². The molecule has 0 aliphatic carbocycles. The Morgan fingerprint density at radius 1 is 1.17 bits per heavy atom. The Hall–Kier alpha value is -3.64. The number of anilines is 2. The second-order valence-corrected chi connectivity index (χ2v) is 11.5. The van der Waals surface area contributed by atoms with Gasteiger partial charge in [0.1, 0.15) is 16.3 Å². The number of nitrogens with one attached hydrogen (secondary N) is 1. The number of para-hydroxylation sites is 1. The van der Waals surface area contributed by atoms with E-state index in [2.05, 4.69) is 25.2 Å². The van der Waals surface area contributed by atoms with Crippen LogP contribution in [-0.2, 0) is 19.3 Å². The fourth-order valence-corrected chi connectivity index (χ4v) is 3.98. The van der Waals surface area contributed by atoms with Crippen molar-refractivity contribution < 1.29 is 22.7 Å². The van der Waals surface area contributed by atoms with Gasteiger partial charge in [0.2, 0.25) is 5.95 Å². The van der Waals surface area contributed by atoms with Gasteiger partial charge in [-0.3, -0.25) is 5.32 Å². The van der Waals surface area contributed by atoms with Crippen molar-refractivity contribution in [1.82, 2.24) is 19.9 Å². The summed E-state index contributed by atoms with van der Waals surface area (Å²) in [6.07, 6.45) is 3.38. The smallest absolute Gasteiger partial charge is 0.410 e. The van der Waals surface area contributed by atoms with E-state index in [0.29, 0.717) is 42.6 Å². The minimum Gasteiger partial charge on any atom is -0.410 e. The number of amides is 1. The van der Waals surface area contributed by atoms with Crippen LogP contribution in [0, 0.1) is 0 Å². The van der Waals surface area contributed by atoms with Crippen LogP contribution in [0.4, 0.5) is 16.6 Å². The molecule has 11 nitrogen and oxygen atoms in total. The maximum atomic E-state index is 12.6. The summed E-state index contributed by atoms with van der Waals surface area (Å²) in [5.41, 5.74) is 0.822. The molecule has 36 heavy (non-hydrogen) atoms. The molecule has 0 unspecified atom stereocenters. The molecule has 2 aromatic heterocycles. The average Bonchev–Trinajstić information content (AvgIpc) is 2.84. The number of benzene rings is 1. The summed E-state index contributed by atoms with van der Waals surface area (Å²) in [5, 5.41) is 2.47. The highest BCUT2D eigenvalue weighted by atomic mass is 32.2. The third kappa shape index (κ3) is 5.60. The second-order valence-electron chi connectivity index (χ2n) is 8.96. The van der Waals surface area contributed by atoms with E-state index in [9.17, 15) is 13.2 Å². The summed E-state index contributed by atoms with van der Waals surface area (Å²) < 4.78 is 34.6. The van der Waals surface area contributed by atoms with Gasteiger partial charge in [-0.15, -0.1) is 0 Å². The molecule has 0 spiro atoms. The van der Waals surface area contributed by atoms with Gasteiger partial charge in [0.25, 0.3) is 0 Å². The fourth-order valence-electron chi connectivity index (χ4n) is 3.50. The SMILES string of the molecule is C[C@H]1COCCN1c1cc(C(C)(C)S(C)(=O)=O)nc(-c2cnc(NC(=O)Oc3ccccc3)nc2)n1. The van der Waals surface area contributed by atoms with Gasteiger partial charge in [0.05, 0.1) is 30.5 Å². The summed E-state index contributed by atoms with van der Waals surface area (Å²) >= 11 is 0. The van der Waals surface area contributed by atoms with Gasteiger partial charge in [0, 0.05) is 31.3 Å². The number of rotatable bonds is 6. The standard InChI is InChI=1S/C24H28N6O5S/c1-16-15-34-11-10-30(16)20-12-19(24(2,3)36(4,32)33)27-21(28-20)17-13-25-22(26-14-17)29-23(31)35-18-8-6-5-7-9-18/h5-9,12-14,16H,10-11,15H2,1-4H3,(H,25,26,29,31)/t16-/m0/s1. The van der Waals surface area contributed by atoms with E-state index in [1.54, 1.807) is 44.2 Å². The molecule has 1 N–H and O–H groups in total. The number of sulfone groups is 1. The van der Waals surface area contributed by atoms with E-state index in [1.165, 1.54) is 18.6 Å². The van der Waals surface area contributed by atoms with E-state index < -0.39 is 20.7 Å². The van der Waals surface area contributed by atoms with E-state index in [-0.39, 0.29) is 17.8 Å². The number of ether oxygens (including phenoxy) is 2. The molecule has 3 aromatic rings. The van der Waals surface area contributed by atoms with Crippen molar-refractivity contribution in [3.8, 4) is 17.1 Å². The zero-order valence-corrected chi connectivity index (χ0v) is 21.3. The average molecular weight is 513 g/mol. The molecule has 1 aromatic carbocycles. The zero-order chi connectivity index (χ0) is 25.9. The van der Waals surface area contributed by atoms with Gasteiger partial charge in [-0.25, -0.2) is 33.1 Å². The largest absolute Gasteiger partial charge is 0.419 e. The van der Waals surface area contributed by atoms with Crippen molar-refractivity contribution in [2.24, 2.45) is 0 Å². The molecule has 0 saturated carbocycles. The maximum Gasteiger partial charge on any atom is 0.419 e. The normalized spacial score (nSPS) is 16.4. The maximum absolute atomic E-state index is 12.6. The molecular formula is C24H28N6O5S. The molecule has 0 radical (unpaired) electrons. The molecule has 3 heterocycles. The Kier molecular flexibility index (Phi) is 7.18. The summed E-state index contributed by atoms with van der Waals surface area (Å²) in [7, 11) is -3.49. The molecule has 1 atom stereocenters. The van der Waals surface area contributed by atoms with Crippen LogP contribution < -0.4 is 15.0 Å². The molecule has 12 heteroatoms. The molecule has 0 bridgehead atoms. The molecule has 190 valence electrons. The number of hydrogen-bond acceptors (Lipinski definition) is 10. The minimum atomic E-state index is -3.49. The molecular weight excluding hydrogens is 484 g/mol. The molecule has 1 aliphatic rings. The van der Waals surface area contributed by atoms with E-state index in [4.69, 9.17) is 14.5 Å². The minimum absolute atomic E-state index is 0.0364. The number of hydrogen-bond donors (Lipinski definition) is 1. The number of carbonyl (C=O) groups excluding carboxylic acids is 1. The second kappa shape index (κ2) is 10.2. The van der Waals surface area contributed by atoms with Crippen LogP contribution in [0.3, 0.4) is 0 Å². The van der Waals surface area contributed by atoms with Crippen LogP contribution in [0.15, 0.2) is 48.8 Å². The quantitative estimate of drug-likeness (QED) is 0.525. The van der Waals surface area contributed by atoms with Gasteiger partial charge in [-0.1, -0.05) is 18.2 Å². The van der Waals surface area contributed by atoms with Gasteiger partial charge in [-0.2, -0.15) is 0 Å². The summed E-state index contributed by atoms with van der Waals surface area (Å²) in [4.78, 5) is 31.8. The van der Waals surface area contributed by atoms with Crippen LogP contribution >= 0.6 is 0 Å². The lowest BCUT2D eigenvalue weighted by Crippen LogP contribution is -2.44. The third-order valence-electron chi connectivity index (χ3n) is 6.00. The Balaban J connectivity index is 1.64. The number of morpholine rings is 1. The van der Waals surface area contributed by atoms with Crippen molar-refractivity contribution in [3.63, 3.8) is 0 Å². The highest BCUT2D eigenvalue weighted by Crippen LogP contribution is 2.32. The first kappa shape index (κ1) is 25.5. The van der Waals surface area contributed by atoms with Crippen LogP contribution in [0.25, 0.3) is 11.4 Å². The van der Waals surface area contributed by atoms with Crippen molar-refractivity contribution in [2.45, 2.75) is 31.6 Å². The van der Waals surface area contributed by atoms with Gasteiger partial charge >= 0.3 is 6.09 Å². The van der Waals surface area contributed by atoms with Gasteiger partial charge in [-0.05, 0) is 32.9 Å². The van der Waals surface area contributed by atoms with Crippen molar-refractivity contribution >= 4 is 27.7 Å². The lowest BCUT2D eigenvalue weighted by molar-refractivity contribution is 0.0985. The van der Waals surface area contributed by atoms with Gasteiger partial charge in [0.15, 0.2) is 15.7 Å². The zero-order valence-electron chi connectivity index (χ0n) is 20.5. The van der Waals surface area contributed by atoms with E-state index in [0.717, 1.165) is 0 Å². The highest BCUT2D eigenvalue weighted by Gasteiger charge is 2.35. The van der Waals surface area contributed by atoms with Crippen LogP contribution in [0.5, 0.6) is 5.75 Å². The predicted molar refractivity (Wildman–Crippen MR) is 135 cm³/mol. The summed E-state index contributed by atoms with van der Waals surface area (Å²) in [5.74, 6) is 1.29. The predicted octanol–water partition coefficient (Wildman–Crippen LogP) is 3.05. The number of nitrogens with zero attached hydrogens (tertiary/aromatic N) is 5.